The summed E-state index contributed by atoms with van der Waals surface area (Å²) >= 11 is 0. The number of nitrogens with zero attached hydrogens (tertiary/aromatic N) is 5. The Morgan fingerprint density at radius 3 is 1.88 bits per heavy atom. The van der Waals surface area contributed by atoms with Gasteiger partial charge in [0.2, 0.25) is 35.4 Å². The van der Waals surface area contributed by atoms with E-state index < -0.39 is 95.9 Å². The Hall–Kier alpha value is -6.95. The Balaban J connectivity index is 1.68. The van der Waals surface area contributed by atoms with Gasteiger partial charge in [-0.15, -0.1) is 0 Å². The van der Waals surface area contributed by atoms with Crippen LogP contribution in [0.15, 0.2) is 36.4 Å². The lowest BCUT2D eigenvalue weighted by Gasteiger charge is -2.41. The van der Waals surface area contributed by atoms with E-state index in [9.17, 15) is 52.7 Å². The van der Waals surface area contributed by atoms with Crippen LogP contribution in [0, 0.1) is 29.6 Å². The highest BCUT2D eigenvalue weighted by molar-refractivity contribution is 6.12. The molecule has 2 heterocycles. The van der Waals surface area contributed by atoms with Crippen molar-refractivity contribution in [1.29, 1.82) is 0 Å². The molecule has 0 bridgehead atoms. The molecule has 2 unspecified atom stereocenters. The van der Waals surface area contributed by atoms with Crippen LogP contribution >= 0.6 is 0 Å². The number of imide groups is 1. The molecule has 6 N–H and O–H groups in total. The number of likely N-dealkylation sites (tertiary alicyclic amines) is 1. The van der Waals surface area contributed by atoms with Gasteiger partial charge < -0.3 is 55.9 Å². The van der Waals surface area contributed by atoms with Crippen LogP contribution in [0.3, 0.4) is 0 Å². The third kappa shape index (κ3) is 20.9. The number of hydrogen-bond donors (Lipinski definition) is 5. The van der Waals surface area contributed by atoms with Gasteiger partial charge in [-0.3, -0.25) is 53.0 Å². The highest BCUT2D eigenvalue weighted by Gasteiger charge is 2.43. The van der Waals surface area contributed by atoms with Crippen molar-refractivity contribution >= 4 is 70.9 Å². The molecule has 2 aliphatic rings. The van der Waals surface area contributed by atoms with E-state index >= 15 is 0 Å². The minimum Gasteiger partial charge on any atom is -0.445 e. The van der Waals surface area contributed by atoms with Gasteiger partial charge in [0.15, 0.2) is 0 Å². The van der Waals surface area contributed by atoms with Gasteiger partial charge in [0, 0.05) is 85.2 Å². The number of methoxy groups -OCH3 is 2. The normalized spacial score (nSPS) is 17.3. The summed E-state index contributed by atoms with van der Waals surface area (Å²) in [7, 11) is 7.67. The number of benzene rings is 1. The molecule has 1 aromatic carbocycles. The van der Waals surface area contributed by atoms with Gasteiger partial charge in [-0.2, -0.15) is 0 Å². The third-order valence-electron chi connectivity index (χ3n) is 16.4. The van der Waals surface area contributed by atoms with Gasteiger partial charge >= 0.3 is 12.1 Å². The molecule has 24 heteroatoms. The average Bonchev–Trinajstić information content (AvgIpc) is 4.04. The number of nitrogens with two attached hydrogens (primary N) is 1. The number of nitrogens with one attached hydrogen (secondary N) is 4. The van der Waals surface area contributed by atoms with Crippen LogP contribution in [0.1, 0.15) is 139 Å². The lowest BCUT2D eigenvalue weighted by Crippen LogP contribution is -2.60. The van der Waals surface area contributed by atoms with Gasteiger partial charge in [-0.05, 0) is 86.8 Å². The summed E-state index contributed by atoms with van der Waals surface area (Å²) < 4.78 is 17.5. The standard InChI is InChI=1S/C61H98N10O14/c1-16-39(8)54(46(83-14)34-50(76)70-33-21-23-45(70)55(84-15)40(9)41(10)72)68(12)59(80)51(36(2)3)66-58(79)53(38(6)7)69(13)61(82)85-35-42-25-27-43(28-26-42)64-56(77)44(22-20-31-63-60(62)81)65-57(78)52(37(4)5)67(11)47(73)24-18-17-19-32-71-48(74)29-30-49(71)75/h25-30,36-40,44-46,51-55H,16-24,31-35H2,1-15H3,(H,64,77)(H,65,78)(H,66,79)(H3,62,63,81)/t39-,40-,44-,45-,46+,51-,52?,53-,54?,55+/m0/s1. The third-order valence-corrected chi connectivity index (χ3v) is 16.4. The smallest absolute Gasteiger partial charge is 0.410 e. The summed E-state index contributed by atoms with van der Waals surface area (Å²) in [5.41, 5.74) is 6.13. The summed E-state index contributed by atoms with van der Waals surface area (Å²) in [6.45, 7) is 18.7. The maximum absolute atomic E-state index is 14.6. The number of carbonyl (C=O) groups excluding carboxylic acids is 11. The lowest BCUT2D eigenvalue weighted by molar-refractivity contribution is -0.147. The van der Waals surface area contributed by atoms with Crippen LogP contribution in [0.4, 0.5) is 15.3 Å². The zero-order valence-electron chi connectivity index (χ0n) is 52.9. The summed E-state index contributed by atoms with van der Waals surface area (Å²) in [6, 6.07) is 0.671. The zero-order valence-corrected chi connectivity index (χ0v) is 52.9. The average molecular weight is 1200 g/mol. The van der Waals surface area contributed by atoms with Crippen LogP contribution in [0.25, 0.3) is 0 Å². The van der Waals surface area contributed by atoms with E-state index in [0.717, 1.165) is 11.3 Å². The van der Waals surface area contributed by atoms with Crippen molar-refractivity contribution in [1.82, 2.24) is 40.4 Å². The number of urea groups is 1. The van der Waals surface area contributed by atoms with Crippen molar-refractivity contribution in [3.8, 4) is 0 Å². The van der Waals surface area contributed by atoms with Crippen LogP contribution in [0.5, 0.6) is 0 Å². The summed E-state index contributed by atoms with van der Waals surface area (Å²) in [5.74, 6) is -5.05. The second-order valence-electron chi connectivity index (χ2n) is 23.6. The number of ether oxygens (including phenoxy) is 3. The molecule has 0 saturated carbocycles. The molecule has 0 aromatic heterocycles. The van der Waals surface area contributed by atoms with Gasteiger partial charge in [0.05, 0.1) is 30.7 Å². The number of anilines is 1. The topological polar surface area (TPSA) is 306 Å². The first-order valence-electron chi connectivity index (χ1n) is 29.9. The molecule has 0 spiro atoms. The van der Waals surface area contributed by atoms with Crippen molar-refractivity contribution in [2.75, 3.05) is 60.3 Å². The number of hydrogen-bond acceptors (Lipinski definition) is 14. The summed E-state index contributed by atoms with van der Waals surface area (Å²) in [5, 5.41) is 11.0. The lowest BCUT2D eigenvalue weighted by atomic mass is 9.89. The minimum absolute atomic E-state index is 0.0279. The number of rotatable bonds is 35. The fourth-order valence-electron chi connectivity index (χ4n) is 11.2. The van der Waals surface area contributed by atoms with Crippen LogP contribution in [-0.2, 0) is 64.0 Å². The predicted molar refractivity (Wildman–Crippen MR) is 320 cm³/mol. The molecule has 476 valence electrons. The monoisotopic (exact) mass is 1190 g/mol. The van der Waals surface area contributed by atoms with Gasteiger partial charge in [-0.25, -0.2) is 9.59 Å². The Morgan fingerprint density at radius 2 is 1.34 bits per heavy atom. The van der Waals surface area contributed by atoms with Crippen molar-refractivity contribution in [3.63, 3.8) is 0 Å². The summed E-state index contributed by atoms with van der Waals surface area (Å²) in [4.78, 5) is 152. The quantitative estimate of drug-likeness (QED) is 0.0452. The molecule has 0 aliphatic carbocycles. The second kappa shape index (κ2) is 34.9. The first kappa shape index (κ1) is 72.3. The first-order chi connectivity index (χ1) is 40.0. The Morgan fingerprint density at radius 1 is 0.741 bits per heavy atom. The summed E-state index contributed by atoms with van der Waals surface area (Å²) in [6.07, 6.45) is 4.52. The van der Waals surface area contributed by atoms with E-state index in [1.165, 1.54) is 50.1 Å². The highest BCUT2D eigenvalue weighted by Crippen LogP contribution is 2.30. The molecule has 24 nitrogen and oxygen atoms in total. The van der Waals surface area contributed by atoms with E-state index in [4.69, 9.17) is 19.9 Å². The van der Waals surface area contributed by atoms with Crippen LogP contribution in [-0.4, -0.2) is 193 Å². The maximum atomic E-state index is 14.6. The predicted octanol–water partition coefficient (Wildman–Crippen LogP) is 4.77. The van der Waals surface area contributed by atoms with E-state index in [-0.39, 0.29) is 92.7 Å². The van der Waals surface area contributed by atoms with E-state index in [1.807, 2.05) is 27.7 Å². The number of Topliss-reactive ketones (excluding diaryl/α,β-unsaturated/α-hetero) is 1. The van der Waals surface area contributed by atoms with Gasteiger partial charge in [-0.1, -0.05) is 87.3 Å². The molecule has 3 rings (SSSR count). The zero-order chi connectivity index (χ0) is 64.0. The van der Waals surface area contributed by atoms with E-state index in [2.05, 4.69) is 21.3 Å². The highest BCUT2D eigenvalue weighted by atomic mass is 16.6. The Bertz CT molecular complexity index is 2470. The number of primary amides is 1. The van der Waals surface area contributed by atoms with Crippen molar-refractivity contribution in [3.05, 3.63) is 42.0 Å². The second-order valence-corrected chi connectivity index (χ2v) is 23.6. The molecule has 1 aromatic rings. The Kier molecular flexibility index (Phi) is 29.7. The van der Waals surface area contributed by atoms with Crippen molar-refractivity contribution in [2.24, 2.45) is 35.3 Å². The maximum Gasteiger partial charge on any atom is 0.410 e. The fourth-order valence-corrected chi connectivity index (χ4v) is 11.2. The SMILES string of the molecule is CC[C@H](C)C([C@@H](CC(=O)N1CCC[C@H]1[C@H](OC)[C@@H](C)C(C)=O)OC)N(C)C(=O)[C@@H](NC(=O)[C@H](C(C)C)N(C)C(=O)OCc1ccc(NC(=O)[C@H](CCCNC(N)=O)NC(=O)C(C(C)C)N(C)C(=O)CCCCCN2C(=O)C=CC2=O)cc1)C(C)C. The van der Waals surface area contributed by atoms with E-state index in [0.29, 0.717) is 49.9 Å². The fraction of sp³-hybridized carbons (Fsp3) is 0.689. The number of ketones is 1. The van der Waals surface area contributed by atoms with E-state index in [1.54, 1.807) is 82.8 Å². The molecule has 10 atom stereocenters. The number of likely N-dealkylation sites (N-methyl/N-ethyl adjacent to an activating group) is 3. The molecular weight excluding hydrogens is 1100 g/mol. The van der Waals surface area contributed by atoms with Crippen LogP contribution < -0.4 is 27.0 Å². The molecular formula is C61H98N10O14. The van der Waals surface area contributed by atoms with Crippen molar-refractivity contribution in [2.45, 2.75) is 189 Å². The Labute approximate surface area is 502 Å². The molecule has 85 heavy (non-hydrogen) atoms. The van der Waals surface area contributed by atoms with Gasteiger partial charge in [0.1, 0.15) is 36.6 Å². The van der Waals surface area contributed by atoms with Crippen LogP contribution in [0.2, 0.25) is 0 Å². The molecule has 2 aliphatic heterocycles. The number of amides is 11. The minimum atomic E-state index is -1.10. The molecule has 11 amide bonds. The molecule has 0 radical (unpaired) electrons. The molecule has 1 saturated heterocycles. The number of unbranched alkanes of at least 4 members (excludes halogenated alkanes) is 2. The molecule has 1 fully saturated rings. The number of carbonyl (C=O) groups is 11. The van der Waals surface area contributed by atoms with Gasteiger partial charge in [0.25, 0.3) is 11.8 Å². The largest absolute Gasteiger partial charge is 0.445 e. The van der Waals surface area contributed by atoms with Crippen molar-refractivity contribution < 1.29 is 67.0 Å². The first-order valence-corrected chi connectivity index (χ1v) is 29.9.